The molecule has 0 bridgehead atoms. The number of hydrogen-bond acceptors (Lipinski definition) is 4. The number of rotatable bonds is 1. The van der Waals surface area contributed by atoms with Crippen molar-refractivity contribution in [1.29, 1.82) is 5.26 Å². The lowest BCUT2D eigenvalue weighted by molar-refractivity contribution is 1.33. The number of nitrogen functional groups attached to an aromatic ring is 1. The van der Waals surface area contributed by atoms with Gasteiger partial charge in [-0.3, -0.25) is 0 Å². The van der Waals surface area contributed by atoms with E-state index in [1.165, 1.54) is 11.3 Å². The molecule has 68 valence electrons. The number of anilines is 1. The maximum atomic E-state index is 8.69. The Morgan fingerprint density at radius 1 is 1.29 bits per heavy atom. The molecule has 1 aromatic heterocycles. The minimum atomic E-state index is 0.314. The monoisotopic (exact) mass is 201 g/mol. The van der Waals surface area contributed by atoms with Gasteiger partial charge in [-0.2, -0.15) is 5.26 Å². The van der Waals surface area contributed by atoms with Gasteiger partial charge in [-0.25, -0.2) is 4.98 Å². The molecule has 1 aromatic carbocycles. The van der Waals surface area contributed by atoms with E-state index >= 15 is 0 Å². The summed E-state index contributed by atoms with van der Waals surface area (Å²) in [6.45, 7) is 0. The third-order valence-electron chi connectivity index (χ3n) is 1.78. The Morgan fingerprint density at radius 2 is 2.00 bits per heavy atom. The molecule has 0 fully saturated rings. The van der Waals surface area contributed by atoms with Gasteiger partial charge in [-0.1, -0.05) is 41.7 Å². The molecule has 4 heteroatoms. The number of nitrogens with two attached hydrogens (primary N) is 1. The Labute approximate surface area is 85.4 Å². The second-order valence-corrected chi connectivity index (χ2v) is 3.74. The molecular weight excluding hydrogens is 194 g/mol. The minimum Gasteiger partial charge on any atom is -0.388 e. The normalized spacial score (nSPS) is 9.64. The van der Waals surface area contributed by atoms with Crippen molar-refractivity contribution in [2.75, 3.05) is 5.73 Å². The number of hydrogen-bond donors (Lipinski definition) is 1. The molecule has 0 amide bonds. The first-order valence-corrected chi connectivity index (χ1v) is 4.84. The smallest absolute Gasteiger partial charge is 0.175 e. The van der Waals surface area contributed by atoms with Gasteiger partial charge in [-0.05, 0) is 0 Å². The Hall–Kier alpha value is -1.86. The average molecular weight is 201 g/mol. The van der Waals surface area contributed by atoms with Gasteiger partial charge in [0.1, 0.15) is 16.1 Å². The standard InChI is InChI=1S/C10H7N3S/c11-6-8-9(12)14-10(13-8)7-4-2-1-3-5-7/h1-5H,12H2. The molecular formula is C10H7N3S. The van der Waals surface area contributed by atoms with Crippen LogP contribution in [-0.4, -0.2) is 4.98 Å². The summed E-state index contributed by atoms with van der Waals surface area (Å²) in [5.41, 5.74) is 6.93. The summed E-state index contributed by atoms with van der Waals surface area (Å²) >= 11 is 1.34. The molecule has 0 aliphatic heterocycles. The average Bonchev–Trinajstić information content (AvgIpc) is 2.61. The van der Waals surface area contributed by atoms with E-state index in [1.807, 2.05) is 36.4 Å². The van der Waals surface area contributed by atoms with Crippen molar-refractivity contribution >= 4 is 16.3 Å². The molecule has 14 heavy (non-hydrogen) atoms. The predicted molar refractivity (Wildman–Crippen MR) is 56.7 cm³/mol. The van der Waals surface area contributed by atoms with Crippen LogP contribution in [0.15, 0.2) is 30.3 Å². The Morgan fingerprint density at radius 3 is 2.57 bits per heavy atom. The van der Waals surface area contributed by atoms with E-state index in [9.17, 15) is 0 Å². The summed E-state index contributed by atoms with van der Waals surface area (Å²) < 4.78 is 0. The molecule has 0 unspecified atom stereocenters. The molecule has 3 nitrogen and oxygen atoms in total. The summed E-state index contributed by atoms with van der Waals surface area (Å²) in [5.74, 6) is 0. The molecule has 2 aromatic rings. The van der Waals surface area contributed by atoms with E-state index in [1.54, 1.807) is 0 Å². The molecule has 2 N–H and O–H groups in total. The lowest BCUT2D eigenvalue weighted by atomic mass is 10.2. The van der Waals surface area contributed by atoms with Crippen LogP contribution in [0.3, 0.4) is 0 Å². The zero-order valence-corrected chi connectivity index (χ0v) is 8.08. The highest BCUT2D eigenvalue weighted by Gasteiger charge is 2.08. The van der Waals surface area contributed by atoms with Crippen LogP contribution in [0.2, 0.25) is 0 Å². The maximum absolute atomic E-state index is 8.69. The first-order chi connectivity index (χ1) is 6.81. The number of aromatic nitrogens is 1. The van der Waals surface area contributed by atoms with Gasteiger partial charge in [0.2, 0.25) is 0 Å². The van der Waals surface area contributed by atoms with E-state index in [0.29, 0.717) is 10.7 Å². The minimum absolute atomic E-state index is 0.314. The van der Waals surface area contributed by atoms with Gasteiger partial charge >= 0.3 is 0 Å². The number of benzene rings is 1. The first kappa shape index (κ1) is 8.73. The van der Waals surface area contributed by atoms with E-state index in [2.05, 4.69) is 4.98 Å². The number of nitrogens with zero attached hydrogens (tertiary/aromatic N) is 2. The van der Waals surface area contributed by atoms with Crippen LogP contribution in [0.5, 0.6) is 0 Å². The third-order valence-corrected chi connectivity index (χ3v) is 2.71. The summed E-state index contributed by atoms with van der Waals surface area (Å²) in [6, 6.07) is 11.6. The molecule has 2 rings (SSSR count). The summed E-state index contributed by atoms with van der Waals surface area (Å²) in [4.78, 5) is 4.13. The second-order valence-electron chi connectivity index (χ2n) is 2.71. The van der Waals surface area contributed by atoms with Crippen LogP contribution in [0.25, 0.3) is 10.6 Å². The van der Waals surface area contributed by atoms with Crippen molar-refractivity contribution in [3.05, 3.63) is 36.0 Å². The summed E-state index contributed by atoms with van der Waals surface area (Å²) in [7, 11) is 0. The fourth-order valence-corrected chi connectivity index (χ4v) is 1.90. The van der Waals surface area contributed by atoms with Crippen molar-refractivity contribution in [2.45, 2.75) is 0 Å². The molecule has 0 aliphatic rings. The fourth-order valence-electron chi connectivity index (χ4n) is 1.12. The van der Waals surface area contributed by atoms with Crippen LogP contribution in [0.4, 0.5) is 5.00 Å². The Kier molecular flexibility index (Phi) is 2.17. The first-order valence-electron chi connectivity index (χ1n) is 4.03. The molecule has 0 aliphatic carbocycles. The fraction of sp³-hybridized carbons (Fsp3) is 0. The van der Waals surface area contributed by atoms with E-state index in [0.717, 1.165) is 10.6 Å². The number of thiazole rings is 1. The van der Waals surface area contributed by atoms with Crippen molar-refractivity contribution in [3.8, 4) is 16.6 Å². The van der Waals surface area contributed by atoms with Crippen LogP contribution in [0, 0.1) is 11.3 Å². The lowest BCUT2D eigenvalue weighted by Crippen LogP contribution is -1.83. The SMILES string of the molecule is N#Cc1nc(-c2ccccc2)sc1N. The van der Waals surface area contributed by atoms with Gasteiger partial charge in [0.25, 0.3) is 0 Å². The maximum Gasteiger partial charge on any atom is 0.175 e. The van der Waals surface area contributed by atoms with Crippen LogP contribution >= 0.6 is 11.3 Å². The highest BCUT2D eigenvalue weighted by molar-refractivity contribution is 7.19. The van der Waals surface area contributed by atoms with Crippen LogP contribution in [-0.2, 0) is 0 Å². The molecule has 0 radical (unpaired) electrons. The zero-order chi connectivity index (χ0) is 9.97. The molecule has 0 saturated carbocycles. The Balaban J connectivity index is 2.50. The lowest BCUT2D eigenvalue weighted by Gasteiger charge is -1.92. The molecule has 0 atom stereocenters. The summed E-state index contributed by atoms with van der Waals surface area (Å²) in [5, 5.41) is 9.96. The predicted octanol–water partition coefficient (Wildman–Crippen LogP) is 2.26. The van der Waals surface area contributed by atoms with Gasteiger partial charge in [-0.15, -0.1) is 0 Å². The van der Waals surface area contributed by atoms with Crippen molar-refractivity contribution in [3.63, 3.8) is 0 Å². The Bertz CT molecular complexity index is 482. The summed E-state index contributed by atoms with van der Waals surface area (Å²) in [6.07, 6.45) is 0. The van der Waals surface area contributed by atoms with E-state index < -0.39 is 0 Å². The molecule has 1 heterocycles. The molecule has 0 saturated heterocycles. The highest BCUT2D eigenvalue weighted by Crippen LogP contribution is 2.28. The van der Waals surface area contributed by atoms with Crippen molar-refractivity contribution in [2.24, 2.45) is 0 Å². The van der Waals surface area contributed by atoms with E-state index in [4.69, 9.17) is 11.0 Å². The third kappa shape index (κ3) is 1.45. The van der Waals surface area contributed by atoms with Crippen molar-refractivity contribution in [1.82, 2.24) is 4.98 Å². The van der Waals surface area contributed by atoms with Crippen molar-refractivity contribution < 1.29 is 0 Å². The largest absolute Gasteiger partial charge is 0.388 e. The van der Waals surface area contributed by atoms with Gasteiger partial charge in [0.15, 0.2) is 5.69 Å². The quantitative estimate of drug-likeness (QED) is 0.769. The van der Waals surface area contributed by atoms with Gasteiger partial charge < -0.3 is 5.73 Å². The highest BCUT2D eigenvalue weighted by atomic mass is 32.1. The van der Waals surface area contributed by atoms with Gasteiger partial charge in [0, 0.05) is 5.56 Å². The molecule has 0 spiro atoms. The topological polar surface area (TPSA) is 62.7 Å². The van der Waals surface area contributed by atoms with Crippen LogP contribution < -0.4 is 5.73 Å². The van der Waals surface area contributed by atoms with E-state index in [-0.39, 0.29) is 0 Å². The second kappa shape index (κ2) is 3.48. The van der Waals surface area contributed by atoms with Crippen LogP contribution in [0.1, 0.15) is 5.69 Å². The van der Waals surface area contributed by atoms with Gasteiger partial charge in [0.05, 0.1) is 0 Å². The number of nitriles is 1. The zero-order valence-electron chi connectivity index (χ0n) is 7.27.